The Hall–Kier alpha value is -4.36. The number of esters is 2. The van der Waals surface area contributed by atoms with Crippen LogP contribution in [0.1, 0.15) is 142 Å². The van der Waals surface area contributed by atoms with Gasteiger partial charge in [0.2, 0.25) is 0 Å². The van der Waals surface area contributed by atoms with E-state index in [2.05, 4.69) is 59.6 Å². The lowest BCUT2D eigenvalue weighted by atomic mass is 10.1. The van der Waals surface area contributed by atoms with Gasteiger partial charge in [0.05, 0.1) is 19.3 Å². The van der Waals surface area contributed by atoms with Crippen LogP contribution < -0.4 is 11.4 Å². The summed E-state index contributed by atoms with van der Waals surface area (Å²) in [6.07, 6.45) is 39.6. The molecule has 0 radical (unpaired) electrons. The Kier molecular flexibility index (Phi) is 34.7. The molecule has 0 aromatic carbocycles. The van der Waals surface area contributed by atoms with Crippen molar-refractivity contribution in [2.75, 3.05) is 25.6 Å². The molecule has 8 atom stereocenters. The molecule has 0 aliphatic carbocycles. The molecule has 2 rings (SSSR count). The predicted molar refractivity (Wildman–Crippen MR) is 281 cm³/mol. The Morgan fingerprint density at radius 2 is 1.32 bits per heavy atom. The highest BCUT2D eigenvalue weighted by molar-refractivity contribution is 7.61. The van der Waals surface area contributed by atoms with E-state index in [0.29, 0.717) is 38.5 Å². The van der Waals surface area contributed by atoms with Crippen LogP contribution in [0.4, 0.5) is 5.82 Å². The van der Waals surface area contributed by atoms with E-state index in [1.54, 1.807) is 12.2 Å². The van der Waals surface area contributed by atoms with Gasteiger partial charge in [-0.1, -0.05) is 143 Å². The van der Waals surface area contributed by atoms with Gasteiger partial charge in [-0.2, -0.15) is 9.29 Å². The van der Waals surface area contributed by atoms with Gasteiger partial charge in [-0.3, -0.25) is 23.2 Å². The number of carbonyl (C=O) groups excluding carboxylic acids is 2. The van der Waals surface area contributed by atoms with Crippen LogP contribution >= 0.6 is 15.6 Å². The number of hydrogen-bond donors (Lipinski definition) is 6. The largest absolute Gasteiger partial charge is 0.481 e. The molecular formula is C52H81N3O16P2. The first-order chi connectivity index (χ1) is 35.1. The second-order valence-electron chi connectivity index (χ2n) is 17.1. The molecule has 410 valence electrons. The van der Waals surface area contributed by atoms with Crippen molar-refractivity contribution < 1.29 is 71.4 Å². The van der Waals surface area contributed by atoms with E-state index in [0.717, 1.165) is 42.9 Å². The number of aromatic nitrogens is 2. The Bertz CT molecular complexity index is 2120. The number of carbonyl (C=O) groups is 2. The number of allylic oxidation sites excluding steroid dienone is 14. The van der Waals surface area contributed by atoms with Crippen LogP contribution in [0.25, 0.3) is 0 Å². The first-order valence-electron chi connectivity index (χ1n) is 25.4. The van der Waals surface area contributed by atoms with Crippen LogP contribution in [0.5, 0.6) is 0 Å². The average molecular weight is 1070 g/mol. The van der Waals surface area contributed by atoms with E-state index in [1.807, 2.05) is 48.6 Å². The predicted octanol–water partition coefficient (Wildman–Crippen LogP) is 9.41. The van der Waals surface area contributed by atoms with Crippen molar-refractivity contribution in [3.8, 4) is 0 Å². The number of rotatable bonds is 40. The highest BCUT2D eigenvalue weighted by Gasteiger charge is 2.46. The van der Waals surface area contributed by atoms with E-state index in [-0.39, 0.29) is 18.7 Å². The molecular weight excluding hydrogens is 985 g/mol. The van der Waals surface area contributed by atoms with Crippen molar-refractivity contribution in [3.63, 3.8) is 0 Å². The topological polar surface area (TPSA) is 286 Å². The van der Waals surface area contributed by atoms with Crippen molar-refractivity contribution in [1.29, 1.82) is 0 Å². The Morgan fingerprint density at radius 1 is 0.740 bits per heavy atom. The Morgan fingerprint density at radius 3 is 1.97 bits per heavy atom. The Labute approximate surface area is 431 Å². The van der Waals surface area contributed by atoms with E-state index >= 15 is 0 Å². The normalized spacial score (nSPS) is 20.2. The van der Waals surface area contributed by atoms with Crippen molar-refractivity contribution in [2.24, 2.45) is 0 Å². The second kappa shape index (κ2) is 39.1. The lowest BCUT2D eigenvalue weighted by Gasteiger charge is -2.21. The third-order valence-corrected chi connectivity index (χ3v) is 13.3. The number of hydrogen-bond acceptors (Lipinski definition) is 16. The summed E-state index contributed by atoms with van der Waals surface area (Å²) in [5.41, 5.74) is 4.57. The molecule has 2 heterocycles. The fourth-order valence-corrected chi connectivity index (χ4v) is 8.91. The molecule has 0 saturated carbocycles. The average Bonchev–Trinajstić information content (AvgIpc) is 3.62. The van der Waals surface area contributed by atoms with Crippen LogP contribution in [-0.4, -0.2) is 96.9 Å². The number of nitrogens with zero attached hydrogens (tertiary/aromatic N) is 2. The summed E-state index contributed by atoms with van der Waals surface area (Å²) < 4.78 is 56.6. The smallest absolute Gasteiger partial charge is 0.462 e. The summed E-state index contributed by atoms with van der Waals surface area (Å²) in [5, 5.41) is 31.0. The SMILES string of the molecule is CC/C=C\C/C=C\CC(O)/C=C/C=C\C/C=C\CCCC(=O)OC[C@H](COP(=O)(O)OP(=O)(O)OC[C@H]1O[C@@H](n2ccc(N)nc2=O)[C@H](O)[C@@H]1O)OC(=O)CCC/C=C\C/C=C\C/C=C\CCCCCCCC. The summed E-state index contributed by atoms with van der Waals surface area (Å²) in [4.78, 5) is 61.9. The van der Waals surface area contributed by atoms with Crippen molar-refractivity contribution in [1.82, 2.24) is 9.55 Å². The summed E-state index contributed by atoms with van der Waals surface area (Å²) in [6.45, 7) is 1.83. The number of aliphatic hydroxyl groups is 3. The van der Waals surface area contributed by atoms with Crippen LogP contribution in [0, 0.1) is 0 Å². The van der Waals surface area contributed by atoms with Crippen molar-refractivity contribution in [2.45, 2.75) is 173 Å². The quantitative estimate of drug-likeness (QED) is 0.0117. The van der Waals surface area contributed by atoms with E-state index in [4.69, 9.17) is 29.0 Å². The maximum absolute atomic E-state index is 12.8. The number of aliphatic hydroxyl groups excluding tert-OH is 3. The van der Waals surface area contributed by atoms with Gasteiger partial charge in [0.25, 0.3) is 0 Å². The summed E-state index contributed by atoms with van der Waals surface area (Å²) >= 11 is 0. The van der Waals surface area contributed by atoms with E-state index in [1.165, 1.54) is 44.6 Å². The van der Waals surface area contributed by atoms with E-state index in [9.17, 15) is 48.6 Å². The van der Waals surface area contributed by atoms with Gasteiger partial charge >= 0.3 is 33.3 Å². The number of nitrogen functional groups attached to an aromatic ring is 1. The molecule has 1 aliphatic heterocycles. The van der Waals surface area contributed by atoms with Crippen LogP contribution in [0.15, 0.2) is 114 Å². The van der Waals surface area contributed by atoms with Crippen LogP contribution in [0.2, 0.25) is 0 Å². The molecule has 21 heteroatoms. The zero-order valence-electron chi connectivity index (χ0n) is 42.5. The molecule has 7 N–H and O–H groups in total. The second-order valence-corrected chi connectivity index (χ2v) is 20.2. The third-order valence-electron chi connectivity index (χ3n) is 10.7. The molecule has 19 nitrogen and oxygen atoms in total. The minimum Gasteiger partial charge on any atom is -0.462 e. The highest BCUT2D eigenvalue weighted by Crippen LogP contribution is 2.60. The molecule has 1 aromatic rings. The fourth-order valence-electron chi connectivity index (χ4n) is 6.80. The van der Waals surface area contributed by atoms with Gasteiger partial charge in [-0.05, 0) is 83.1 Å². The van der Waals surface area contributed by atoms with Gasteiger partial charge < -0.3 is 45.1 Å². The number of ether oxygens (including phenoxy) is 3. The number of anilines is 1. The number of nitrogens with two attached hydrogens (primary N) is 1. The first-order valence-corrected chi connectivity index (χ1v) is 28.3. The fraction of sp³-hybridized carbons (Fsp3) is 0.577. The summed E-state index contributed by atoms with van der Waals surface area (Å²) in [5.74, 6) is -1.48. The van der Waals surface area contributed by atoms with Crippen molar-refractivity contribution >= 4 is 33.4 Å². The summed E-state index contributed by atoms with van der Waals surface area (Å²) in [7, 11) is -10.9. The van der Waals surface area contributed by atoms with Gasteiger partial charge in [-0.15, -0.1) is 0 Å². The van der Waals surface area contributed by atoms with Gasteiger partial charge in [0, 0.05) is 19.0 Å². The third kappa shape index (κ3) is 31.9. The van der Waals surface area contributed by atoms with Crippen LogP contribution in [0.3, 0.4) is 0 Å². The Balaban J connectivity index is 1.87. The molecule has 1 saturated heterocycles. The molecule has 0 spiro atoms. The number of phosphoric ester groups is 2. The lowest BCUT2D eigenvalue weighted by Crippen LogP contribution is -2.36. The minimum absolute atomic E-state index is 0.000565. The monoisotopic (exact) mass is 1070 g/mol. The zero-order valence-corrected chi connectivity index (χ0v) is 44.3. The molecule has 3 unspecified atom stereocenters. The highest BCUT2D eigenvalue weighted by atomic mass is 31.3. The van der Waals surface area contributed by atoms with Gasteiger partial charge in [-0.25, -0.2) is 13.9 Å². The maximum Gasteiger partial charge on any atom is 0.481 e. The standard InChI is InChI=1S/C52H81N3O16P2/c1-3-5-7-9-11-12-13-14-15-16-17-18-19-20-25-29-33-37-48(58)69-44(40-66-47(57)36-32-28-24-22-21-23-27-31-35-43(56)34-30-26-10-8-6-4-2)41-67-72(62,63)71-73(64,65)68-42-45-49(59)50(60)51(70-45)55-39-38-46(53)54-52(55)61/h6,8,14-15,17-18,20,22-27,30-31,35,38-39,43-45,49-51,56,59-60H,3-5,7,9-13,16,19,21,28-29,32-34,36-37,40-42H2,1-2H3,(H,62,63)(H,64,65)(H2,53,54,61)/b8-6-,15-14-,18-17-,24-22-,25-20-,27-23-,30-26-,35-31+/t43?,44-,45-,49-,50-,51-/m1/s1. The first kappa shape index (κ1) is 64.8. The molecule has 1 aromatic heterocycles. The molecule has 73 heavy (non-hydrogen) atoms. The number of phosphoric acid groups is 2. The van der Waals surface area contributed by atoms with Gasteiger partial charge in [0.1, 0.15) is 30.7 Å². The lowest BCUT2D eigenvalue weighted by molar-refractivity contribution is -0.161. The van der Waals surface area contributed by atoms with E-state index < -0.39 is 89.8 Å². The van der Waals surface area contributed by atoms with Crippen LogP contribution in [-0.2, 0) is 46.3 Å². The molecule has 1 aliphatic rings. The zero-order chi connectivity index (χ0) is 53.6. The minimum atomic E-state index is -5.46. The van der Waals surface area contributed by atoms with Crippen molar-refractivity contribution in [3.05, 3.63) is 120 Å². The molecule has 0 amide bonds. The molecule has 0 bridgehead atoms. The molecule has 1 fully saturated rings. The van der Waals surface area contributed by atoms with Gasteiger partial charge in [0.15, 0.2) is 12.3 Å². The number of unbranched alkanes of at least 4 members (excludes halogenated alkanes) is 8. The summed E-state index contributed by atoms with van der Waals surface area (Å²) in [6, 6.07) is 1.24. The maximum atomic E-state index is 12.8.